The van der Waals surface area contributed by atoms with Gasteiger partial charge in [0.25, 0.3) is 0 Å². The number of imidazole rings is 1. The van der Waals surface area contributed by atoms with Crippen molar-refractivity contribution >= 4 is 17.0 Å². The maximum atomic E-state index is 12.6. The third-order valence-electron chi connectivity index (χ3n) is 4.86. The molecule has 0 aliphatic carbocycles. The number of nitrogens with zero attached hydrogens (tertiary/aromatic N) is 2. The topological polar surface area (TPSA) is 44.1 Å². The van der Waals surface area contributed by atoms with Crippen LogP contribution in [0.25, 0.3) is 22.4 Å². The number of carbonyl (C=O) groups excluding carboxylic acids is 1. The zero-order valence-electron chi connectivity index (χ0n) is 16.8. The molecule has 0 fully saturated rings. The van der Waals surface area contributed by atoms with E-state index in [2.05, 4.69) is 45.0 Å². The first-order valence-electron chi connectivity index (χ1n) is 9.61. The first kappa shape index (κ1) is 19.2. The van der Waals surface area contributed by atoms with Crippen LogP contribution in [0.15, 0.2) is 48.5 Å². The Morgan fingerprint density at radius 3 is 2.33 bits per heavy atom. The van der Waals surface area contributed by atoms with Gasteiger partial charge in [-0.2, -0.15) is 0 Å². The van der Waals surface area contributed by atoms with Gasteiger partial charge in [0.2, 0.25) is 0 Å². The van der Waals surface area contributed by atoms with Crippen molar-refractivity contribution in [1.82, 2.24) is 9.55 Å². The molecule has 1 unspecified atom stereocenters. The average Bonchev–Trinajstić information content (AvgIpc) is 3.02. The third kappa shape index (κ3) is 3.75. The summed E-state index contributed by atoms with van der Waals surface area (Å²) in [4.78, 5) is 17.5. The van der Waals surface area contributed by atoms with E-state index < -0.39 is 6.04 Å². The summed E-state index contributed by atoms with van der Waals surface area (Å²) in [5.74, 6) is 0.590. The molecule has 0 radical (unpaired) electrons. The van der Waals surface area contributed by atoms with E-state index in [1.165, 1.54) is 5.56 Å². The second-order valence-electron chi connectivity index (χ2n) is 7.80. The average molecular weight is 364 g/mol. The lowest BCUT2D eigenvalue weighted by molar-refractivity contribution is -0.147. The van der Waals surface area contributed by atoms with Crippen molar-refractivity contribution in [3.05, 3.63) is 54.1 Å². The Bertz CT molecular complexity index is 933. The van der Waals surface area contributed by atoms with E-state index >= 15 is 0 Å². The van der Waals surface area contributed by atoms with E-state index in [1.54, 1.807) is 0 Å². The van der Waals surface area contributed by atoms with E-state index in [0.29, 0.717) is 13.0 Å². The fraction of sp³-hybridized carbons (Fsp3) is 0.391. The van der Waals surface area contributed by atoms with Crippen LogP contribution in [0.5, 0.6) is 0 Å². The molecular weight excluding hydrogens is 336 g/mol. The van der Waals surface area contributed by atoms with E-state index in [-0.39, 0.29) is 11.4 Å². The zero-order chi connectivity index (χ0) is 19.6. The van der Waals surface area contributed by atoms with E-state index in [1.807, 2.05) is 42.7 Å². The predicted molar refractivity (Wildman–Crippen MR) is 110 cm³/mol. The van der Waals surface area contributed by atoms with Crippen LogP contribution < -0.4 is 0 Å². The molecule has 0 aliphatic rings. The molecule has 1 heterocycles. The fourth-order valence-electron chi connectivity index (χ4n) is 3.38. The Labute approximate surface area is 161 Å². The highest BCUT2D eigenvalue weighted by molar-refractivity contribution is 5.85. The summed E-state index contributed by atoms with van der Waals surface area (Å²) in [5, 5.41) is 0. The van der Waals surface area contributed by atoms with Gasteiger partial charge >= 0.3 is 5.97 Å². The number of aromatic nitrogens is 2. The largest absolute Gasteiger partial charge is 0.464 e. The first-order chi connectivity index (χ1) is 12.9. The standard InChI is InChI=1S/C23H28N2O2/c1-6-19(22(26)27-7-2)25-20-11-9-8-10-18(20)24-21(25)16-12-14-17(15-13-16)23(3,4)5/h8-15,19H,6-7H2,1-5H3. The molecule has 0 bridgehead atoms. The van der Waals surface area contributed by atoms with Crippen molar-refractivity contribution in [1.29, 1.82) is 0 Å². The molecule has 0 amide bonds. The minimum Gasteiger partial charge on any atom is -0.464 e. The summed E-state index contributed by atoms with van der Waals surface area (Å²) in [6.07, 6.45) is 0.645. The molecule has 27 heavy (non-hydrogen) atoms. The van der Waals surface area contributed by atoms with Crippen molar-refractivity contribution in [3.8, 4) is 11.4 Å². The lowest BCUT2D eigenvalue weighted by atomic mass is 9.86. The third-order valence-corrected chi connectivity index (χ3v) is 4.86. The molecule has 4 nitrogen and oxygen atoms in total. The van der Waals surface area contributed by atoms with Crippen molar-refractivity contribution in [2.24, 2.45) is 0 Å². The summed E-state index contributed by atoms with van der Waals surface area (Å²) < 4.78 is 7.36. The molecule has 1 atom stereocenters. The molecule has 0 aliphatic heterocycles. The molecule has 0 saturated heterocycles. The summed E-state index contributed by atoms with van der Waals surface area (Å²) >= 11 is 0. The number of esters is 1. The van der Waals surface area contributed by atoms with Gasteiger partial charge in [-0.3, -0.25) is 0 Å². The monoisotopic (exact) mass is 364 g/mol. The maximum Gasteiger partial charge on any atom is 0.329 e. The molecule has 4 heteroatoms. The molecule has 3 rings (SSSR count). The summed E-state index contributed by atoms with van der Waals surface area (Å²) in [6.45, 7) is 10.8. The first-order valence-corrected chi connectivity index (χ1v) is 9.61. The van der Waals surface area contributed by atoms with Crippen LogP contribution in [0.2, 0.25) is 0 Å². The van der Waals surface area contributed by atoms with Gasteiger partial charge in [-0.25, -0.2) is 9.78 Å². The van der Waals surface area contributed by atoms with Gasteiger partial charge in [0.15, 0.2) is 0 Å². The summed E-state index contributed by atoms with van der Waals surface area (Å²) in [5.41, 5.74) is 4.20. The molecule has 142 valence electrons. The van der Waals surface area contributed by atoms with Gasteiger partial charge in [0, 0.05) is 5.56 Å². The van der Waals surface area contributed by atoms with Crippen LogP contribution in [0.4, 0.5) is 0 Å². The molecule has 3 aromatic rings. The van der Waals surface area contributed by atoms with Crippen LogP contribution >= 0.6 is 0 Å². The summed E-state index contributed by atoms with van der Waals surface area (Å²) in [7, 11) is 0. The van der Waals surface area contributed by atoms with Crippen molar-refractivity contribution in [3.63, 3.8) is 0 Å². The number of fused-ring (bicyclic) bond motifs is 1. The van der Waals surface area contributed by atoms with Crippen LogP contribution in [0.1, 0.15) is 52.6 Å². The Morgan fingerprint density at radius 2 is 1.74 bits per heavy atom. The second-order valence-corrected chi connectivity index (χ2v) is 7.80. The Morgan fingerprint density at radius 1 is 1.07 bits per heavy atom. The SMILES string of the molecule is CCOC(=O)C(CC)n1c(-c2ccc(C(C)(C)C)cc2)nc2ccccc21. The lowest BCUT2D eigenvalue weighted by Gasteiger charge is -2.21. The molecule has 0 saturated carbocycles. The number of para-hydroxylation sites is 2. The van der Waals surface area contributed by atoms with Crippen LogP contribution in [-0.4, -0.2) is 22.1 Å². The van der Waals surface area contributed by atoms with Gasteiger partial charge in [-0.15, -0.1) is 0 Å². The molecule has 1 aromatic heterocycles. The zero-order valence-corrected chi connectivity index (χ0v) is 16.8. The van der Waals surface area contributed by atoms with Gasteiger partial charge in [0.05, 0.1) is 17.6 Å². The number of benzene rings is 2. The minimum atomic E-state index is -0.394. The van der Waals surface area contributed by atoms with Crippen molar-refractivity contribution < 1.29 is 9.53 Å². The Kier molecular flexibility index (Phi) is 5.36. The smallest absolute Gasteiger partial charge is 0.329 e. The van der Waals surface area contributed by atoms with Gasteiger partial charge in [-0.05, 0) is 36.5 Å². The van der Waals surface area contributed by atoms with Crippen LogP contribution in [-0.2, 0) is 14.9 Å². The highest BCUT2D eigenvalue weighted by Gasteiger charge is 2.26. The van der Waals surface area contributed by atoms with Crippen molar-refractivity contribution in [2.75, 3.05) is 6.61 Å². The number of hydrogen-bond donors (Lipinski definition) is 0. The summed E-state index contributed by atoms with van der Waals surface area (Å²) in [6, 6.07) is 16.0. The molecule has 0 N–H and O–H groups in total. The van der Waals surface area contributed by atoms with E-state index in [0.717, 1.165) is 22.4 Å². The van der Waals surface area contributed by atoms with Crippen LogP contribution in [0, 0.1) is 0 Å². The highest BCUT2D eigenvalue weighted by Crippen LogP contribution is 2.32. The number of carbonyl (C=O) groups is 1. The predicted octanol–water partition coefficient (Wildman–Crippen LogP) is 5.52. The second kappa shape index (κ2) is 7.55. The van der Waals surface area contributed by atoms with Crippen molar-refractivity contribution in [2.45, 2.75) is 52.5 Å². The minimum absolute atomic E-state index is 0.0928. The number of ether oxygens (including phenoxy) is 1. The normalized spacial score (nSPS) is 12.9. The quantitative estimate of drug-likeness (QED) is 0.560. The Hall–Kier alpha value is -2.62. The van der Waals surface area contributed by atoms with Gasteiger partial charge < -0.3 is 9.30 Å². The Balaban J connectivity index is 2.16. The molecule has 2 aromatic carbocycles. The highest BCUT2D eigenvalue weighted by atomic mass is 16.5. The fourth-order valence-corrected chi connectivity index (χ4v) is 3.38. The van der Waals surface area contributed by atoms with Gasteiger partial charge in [0.1, 0.15) is 11.9 Å². The number of hydrogen-bond acceptors (Lipinski definition) is 3. The molecular formula is C23H28N2O2. The maximum absolute atomic E-state index is 12.6. The van der Waals surface area contributed by atoms with E-state index in [4.69, 9.17) is 9.72 Å². The van der Waals surface area contributed by atoms with Gasteiger partial charge in [-0.1, -0.05) is 64.1 Å². The lowest BCUT2D eigenvalue weighted by Crippen LogP contribution is -2.22. The molecule has 0 spiro atoms. The van der Waals surface area contributed by atoms with Crippen LogP contribution in [0.3, 0.4) is 0 Å². The number of rotatable bonds is 5. The van der Waals surface area contributed by atoms with E-state index in [9.17, 15) is 4.79 Å².